The van der Waals surface area contributed by atoms with E-state index < -0.39 is 30.0 Å². The largest absolute Gasteiger partial charge is 0.394 e. The lowest BCUT2D eigenvalue weighted by molar-refractivity contribution is -0.144. The molecular formula is C18H18Cl2FIN2O4. The van der Waals surface area contributed by atoms with Crippen LogP contribution in [0.4, 0.5) is 15.8 Å². The summed E-state index contributed by atoms with van der Waals surface area (Å²) in [5.41, 5.74) is 1.50. The average molecular weight is 543 g/mol. The molecule has 28 heavy (non-hydrogen) atoms. The van der Waals surface area contributed by atoms with E-state index in [1.807, 2.05) is 0 Å². The van der Waals surface area contributed by atoms with Gasteiger partial charge in [0.25, 0.3) is 5.91 Å². The highest BCUT2D eigenvalue weighted by molar-refractivity contribution is 14.1. The maximum atomic E-state index is 14.0. The van der Waals surface area contributed by atoms with E-state index >= 15 is 0 Å². The second-order valence-electron chi connectivity index (χ2n) is 6.40. The second kappa shape index (κ2) is 9.55. The molecule has 1 amide bonds. The van der Waals surface area contributed by atoms with Gasteiger partial charge in [0, 0.05) is 3.57 Å². The van der Waals surface area contributed by atoms with E-state index in [9.17, 15) is 14.3 Å². The van der Waals surface area contributed by atoms with E-state index in [0.717, 1.165) is 15.7 Å². The standard InChI is InChI=1S/C18H18Cl2FIN2O4/c1-18(2,16(26)8-25)28-24-17(27)10-6-11(19)13(21)7-15(10)23-14-4-3-9(22)5-12(14)20/h3-7,16,23,25-26H,8H2,1-2H3,(H,24,27). The SMILES string of the molecule is CC(C)(ONC(=O)c1cc(Cl)c(F)cc1Nc1ccc(I)cc1Cl)C(O)CO. The number of benzene rings is 2. The molecular weight excluding hydrogens is 525 g/mol. The number of aliphatic hydroxyl groups is 2. The molecule has 6 nitrogen and oxygen atoms in total. The van der Waals surface area contributed by atoms with Crippen molar-refractivity contribution in [3.63, 3.8) is 0 Å². The fourth-order valence-corrected chi connectivity index (χ4v) is 3.16. The Hall–Kier alpha value is -1.17. The number of amides is 1. The van der Waals surface area contributed by atoms with Crippen LogP contribution in [0.3, 0.4) is 0 Å². The lowest BCUT2D eigenvalue weighted by atomic mass is 10.0. The fourth-order valence-electron chi connectivity index (χ4n) is 2.09. The summed E-state index contributed by atoms with van der Waals surface area (Å²) in [6.45, 7) is 2.41. The van der Waals surface area contributed by atoms with Crippen LogP contribution in [-0.2, 0) is 4.84 Å². The highest BCUT2D eigenvalue weighted by Gasteiger charge is 2.30. The molecule has 4 N–H and O–H groups in total. The quantitative estimate of drug-likeness (QED) is 0.310. The normalized spacial score (nSPS) is 12.6. The molecule has 2 aromatic rings. The third kappa shape index (κ3) is 5.68. The van der Waals surface area contributed by atoms with Gasteiger partial charge in [0.15, 0.2) is 0 Å². The number of hydrogen-bond acceptors (Lipinski definition) is 5. The maximum absolute atomic E-state index is 14.0. The lowest BCUT2D eigenvalue weighted by Crippen LogP contribution is -2.46. The third-order valence-electron chi connectivity index (χ3n) is 3.89. The minimum Gasteiger partial charge on any atom is -0.394 e. The van der Waals surface area contributed by atoms with Gasteiger partial charge in [0.1, 0.15) is 17.5 Å². The van der Waals surface area contributed by atoms with Crippen LogP contribution >= 0.6 is 45.8 Å². The molecule has 2 rings (SSSR count). The first-order valence-corrected chi connectivity index (χ1v) is 9.87. The predicted octanol–water partition coefficient (Wildman–Crippen LogP) is 4.27. The number of halogens is 4. The molecule has 0 saturated carbocycles. The van der Waals surface area contributed by atoms with E-state index in [4.69, 9.17) is 33.1 Å². The van der Waals surface area contributed by atoms with Crippen molar-refractivity contribution in [3.05, 3.63) is 55.3 Å². The monoisotopic (exact) mass is 542 g/mol. The zero-order valence-electron chi connectivity index (χ0n) is 14.9. The van der Waals surface area contributed by atoms with E-state index in [-0.39, 0.29) is 16.3 Å². The van der Waals surface area contributed by atoms with Gasteiger partial charge in [-0.1, -0.05) is 23.2 Å². The average Bonchev–Trinajstić information content (AvgIpc) is 2.64. The Morgan fingerprint density at radius 1 is 1.25 bits per heavy atom. The van der Waals surface area contributed by atoms with Gasteiger partial charge < -0.3 is 15.5 Å². The number of aliphatic hydroxyl groups excluding tert-OH is 2. The van der Waals surface area contributed by atoms with Gasteiger partial charge in [-0.25, -0.2) is 9.87 Å². The number of nitrogens with one attached hydrogen (secondary N) is 2. The zero-order chi connectivity index (χ0) is 21.1. The van der Waals surface area contributed by atoms with Gasteiger partial charge in [-0.05, 0) is 66.8 Å². The van der Waals surface area contributed by atoms with E-state index in [0.29, 0.717) is 10.7 Å². The van der Waals surface area contributed by atoms with Crippen molar-refractivity contribution in [1.29, 1.82) is 0 Å². The first-order chi connectivity index (χ1) is 13.0. The second-order valence-corrected chi connectivity index (χ2v) is 8.46. The van der Waals surface area contributed by atoms with Gasteiger partial charge in [-0.2, -0.15) is 0 Å². The summed E-state index contributed by atoms with van der Waals surface area (Å²) in [7, 11) is 0. The highest BCUT2D eigenvalue weighted by Crippen LogP contribution is 2.31. The van der Waals surface area contributed by atoms with E-state index in [2.05, 4.69) is 33.4 Å². The van der Waals surface area contributed by atoms with Gasteiger partial charge in [0.05, 0.1) is 33.6 Å². The van der Waals surface area contributed by atoms with Crippen molar-refractivity contribution in [2.75, 3.05) is 11.9 Å². The smallest absolute Gasteiger partial charge is 0.277 e. The first kappa shape index (κ1) is 23.1. The first-order valence-electron chi connectivity index (χ1n) is 8.03. The van der Waals surface area contributed by atoms with Gasteiger partial charge in [-0.15, -0.1) is 0 Å². The molecule has 2 aromatic carbocycles. The van der Waals surface area contributed by atoms with Crippen molar-refractivity contribution in [3.8, 4) is 0 Å². The van der Waals surface area contributed by atoms with Crippen LogP contribution in [0.15, 0.2) is 30.3 Å². The fraction of sp³-hybridized carbons (Fsp3) is 0.278. The molecule has 0 bridgehead atoms. The Labute approximate surface area is 185 Å². The summed E-state index contributed by atoms with van der Waals surface area (Å²) in [5, 5.41) is 21.8. The summed E-state index contributed by atoms with van der Waals surface area (Å²) < 4.78 is 14.9. The molecule has 0 radical (unpaired) electrons. The van der Waals surface area contributed by atoms with E-state index in [1.54, 1.807) is 18.2 Å². The molecule has 0 heterocycles. The van der Waals surface area contributed by atoms with Crippen LogP contribution in [0, 0.1) is 9.39 Å². The Morgan fingerprint density at radius 3 is 2.54 bits per heavy atom. The van der Waals surface area contributed by atoms with Gasteiger partial charge in [0.2, 0.25) is 0 Å². The van der Waals surface area contributed by atoms with Crippen molar-refractivity contribution >= 4 is 63.1 Å². The Balaban J connectivity index is 2.30. The van der Waals surface area contributed by atoms with Crippen LogP contribution in [0.5, 0.6) is 0 Å². The molecule has 0 aliphatic carbocycles. The number of hydrogen-bond donors (Lipinski definition) is 4. The van der Waals surface area contributed by atoms with Crippen molar-refractivity contribution in [2.45, 2.75) is 25.6 Å². The Kier molecular flexibility index (Phi) is 7.89. The molecule has 1 unspecified atom stereocenters. The number of hydroxylamine groups is 1. The Bertz CT molecular complexity index is 883. The molecule has 10 heteroatoms. The number of rotatable bonds is 7. The molecule has 0 fully saturated rings. The summed E-state index contributed by atoms with van der Waals surface area (Å²) in [5.74, 6) is -1.46. The Morgan fingerprint density at radius 2 is 1.93 bits per heavy atom. The molecule has 1 atom stereocenters. The van der Waals surface area contributed by atoms with Crippen LogP contribution in [-0.4, -0.2) is 34.4 Å². The molecule has 0 spiro atoms. The number of carbonyl (C=O) groups is 1. The number of carbonyl (C=O) groups excluding carboxylic acids is 1. The van der Waals surface area contributed by atoms with Crippen LogP contribution < -0.4 is 10.8 Å². The molecule has 0 aliphatic rings. The van der Waals surface area contributed by atoms with Crippen molar-refractivity contribution < 1.29 is 24.2 Å². The summed E-state index contributed by atoms with van der Waals surface area (Å²) in [4.78, 5) is 17.8. The summed E-state index contributed by atoms with van der Waals surface area (Å²) in [6.07, 6.45) is -1.23. The summed E-state index contributed by atoms with van der Waals surface area (Å²) >= 11 is 14.1. The third-order valence-corrected chi connectivity index (χ3v) is 5.16. The molecule has 0 aromatic heterocycles. The van der Waals surface area contributed by atoms with Crippen molar-refractivity contribution in [2.24, 2.45) is 0 Å². The molecule has 0 aliphatic heterocycles. The van der Waals surface area contributed by atoms with E-state index in [1.165, 1.54) is 13.8 Å². The predicted molar refractivity (Wildman–Crippen MR) is 115 cm³/mol. The zero-order valence-corrected chi connectivity index (χ0v) is 18.6. The van der Waals surface area contributed by atoms with Gasteiger partial charge in [-0.3, -0.25) is 9.63 Å². The van der Waals surface area contributed by atoms with Gasteiger partial charge >= 0.3 is 0 Å². The maximum Gasteiger partial charge on any atom is 0.277 e. The molecule has 152 valence electrons. The van der Waals surface area contributed by atoms with Crippen LogP contribution in [0.1, 0.15) is 24.2 Å². The minimum absolute atomic E-state index is 0.00435. The molecule has 0 saturated heterocycles. The van der Waals surface area contributed by atoms with Crippen molar-refractivity contribution in [1.82, 2.24) is 5.48 Å². The highest BCUT2D eigenvalue weighted by atomic mass is 127. The van der Waals surface area contributed by atoms with Crippen LogP contribution in [0.2, 0.25) is 10.0 Å². The summed E-state index contributed by atoms with van der Waals surface area (Å²) in [6, 6.07) is 7.41. The van der Waals surface area contributed by atoms with Crippen LogP contribution in [0.25, 0.3) is 0 Å². The topological polar surface area (TPSA) is 90.8 Å². The lowest BCUT2D eigenvalue weighted by Gasteiger charge is -2.28. The number of anilines is 2. The minimum atomic E-state index is -1.26.